The number of aromatic nitrogens is 2. The van der Waals surface area contributed by atoms with Crippen LogP contribution in [0.1, 0.15) is 19.3 Å². The zero-order valence-corrected chi connectivity index (χ0v) is 9.45. The Kier molecular flexibility index (Phi) is 2.80. The molecule has 3 rings (SSSR count). The Hall–Kier alpha value is -1.43. The number of nitrogens with one attached hydrogen (secondary N) is 2. The molecule has 1 saturated carbocycles. The maximum absolute atomic E-state index is 13.4. The van der Waals surface area contributed by atoms with Gasteiger partial charge in [-0.15, -0.1) is 0 Å². The molecule has 1 aliphatic carbocycles. The van der Waals surface area contributed by atoms with Gasteiger partial charge in [0.05, 0.1) is 6.20 Å². The molecule has 92 valence electrons. The molecule has 1 aliphatic heterocycles. The Labute approximate surface area is 98.8 Å². The highest BCUT2D eigenvalue weighted by Crippen LogP contribution is 2.27. The molecule has 1 saturated heterocycles. The van der Waals surface area contributed by atoms with Crippen LogP contribution in [0.3, 0.4) is 0 Å². The molecule has 1 aromatic rings. The molecule has 0 radical (unpaired) electrons. The largest absolute Gasteiger partial charge is 0.472 e. The van der Waals surface area contributed by atoms with Crippen molar-refractivity contribution in [3.63, 3.8) is 0 Å². The number of hydrogen-bond acceptors (Lipinski definition) is 5. The minimum Gasteiger partial charge on any atom is -0.472 e. The smallest absolute Gasteiger partial charge is 0.255 e. The van der Waals surface area contributed by atoms with E-state index >= 15 is 0 Å². The molecule has 2 fully saturated rings. The first-order valence-electron chi connectivity index (χ1n) is 5.98. The Bertz CT molecular complexity index is 404. The lowest BCUT2D eigenvalue weighted by molar-refractivity contribution is 0.274. The Morgan fingerprint density at radius 2 is 2.29 bits per heavy atom. The van der Waals surface area contributed by atoms with Gasteiger partial charge in [0.25, 0.3) is 5.88 Å². The number of nitrogens with zero attached hydrogens (tertiary/aromatic N) is 2. The van der Waals surface area contributed by atoms with E-state index in [-0.39, 0.29) is 12.0 Å². The van der Waals surface area contributed by atoms with Crippen molar-refractivity contribution in [3.8, 4) is 5.88 Å². The van der Waals surface area contributed by atoms with Crippen molar-refractivity contribution in [3.05, 3.63) is 12.0 Å². The van der Waals surface area contributed by atoms with Crippen molar-refractivity contribution in [1.82, 2.24) is 15.3 Å². The van der Waals surface area contributed by atoms with E-state index < -0.39 is 5.82 Å². The van der Waals surface area contributed by atoms with Gasteiger partial charge >= 0.3 is 0 Å². The second-order valence-electron chi connectivity index (χ2n) is 4.50. The molecule has 0 amide bonds. The summed E-state index contributed by atoms with van der Waals surface area (Å²) < 4.78 is 18.8. The van der Waals surface area contributed by atoms with Crippen molar-refractivity contribution in [2.45, 2.75) is 31.4 Å². The summed E-state index contributed by atoms with van der Waals surface area (Å²) in [6.07, 6.45) is 4.30. The molecule has 2 aliphatic rings. The average Bonchev–Trinajstić information content (AvgIpc) is 2.98. The van der Waals surface area contributed by atoms with Crippen molar-refractivity contribution in [2.75, 3.05) is 18.4 Å². The van der Waals surface area contributed by atoms with E-state index in [0.717, 1.165) is 38.5 Å². The van der Waals surface area contributed by atoms with Crippen molar-refractivity contribution >= 4 is 5.95 Å². The van der Waals surface area contributed by atoms with Gasteiger partial charge in [0.15, 0.2) is 0 Å². The van der Waals surface area contributed by atoms with Crippen molar-refractivity contribution in [1.29, 1.82) is 0 Å². The molecule has 1 unspecified atom stereocenters. The third-order valence-electron chi connectivity index (χ3n) is 2.91. The summed E-state index contributed by atoms with van der Waals surface area (Å²) in [6, 6.07) is 0.314. The average molecular weight is 238 g/mol. The number of anilines is 1. The van der Waals surface area contributed by atoms with Crippen LogP contribution in [0.2, 0.25) is 0 Å². The molecule has 0 spiro atoms. The van der Waals surface area contributed by atoms with Crippen LogP contribution in [-0.4, -0.2) is 35.2 Å². The summed E-state index contributed by atoms with van der Waals surface area (Å²) in [4.78, 5) is 7.99. The van der Waals surface area contributed by atoms with Gasteiger partial charge in [0, 0.05) is 12.6 Å². The lowest BCUT2D eigenvalue weighted by Crippen LogP contribution is -2.23. The second-order valence-corrected chi connectivity index (χ2v) is 4.50. The molecule has 0 bridgehead atoms. The summed E-state index contributed by atoms with van der Waals surface area (Å²) in [5, 5.41) is 6.41. The highest BCUT2D eigenvalue weighted by atomic mass is 19.1. The summed E-state index contributed by atoms with van der Waals surface area (Å²) in [7, 11) is 0. The van der Waals surface area contributed by atoms with Gasteiger partial charge in [-0.2, -0.15) is 9.37 Å². The number of halogens is 1. The van der Waals surface area contributed by atoms with Crippen LogP contribution in [0.25, 0.3) is 0 Å². The van der Waals surface area contributed by atoms with Crippen molar-refractivity contribution in [2.24, 2.45) is 0 Å². The SMILES string of the molecule is Fc1cnc(NC2CCNC2)nc1OC1CC1. The standard InChI is InChI=1S/C11H15FN4O/c12-9-6-14-11(15-7-3-4-13-5-7)16-10(9)17-8-1-2-8/h6-8,13H,1-5H2,(H,14,15,16). The van der Waals surface area contributed by atoms with Crippen LogP contribution in [0, 0.1) is 5.82 Å². The lowest BCUT2D eigenvalue weighted by atomic mass is 10.3. The minimum absolute atomic E-state index is 0.0657. The first kappa shape index (κ1) is 10.7. The molecule has 2 N–H and O–H groups in total. The summed E-state index contributed by atoms with van der Waals surface area (Å²) in [6.45, 7) is 1.88. The molecule has 17 heavy (non-hydrogen) atoms. The Morgan fingerprint density at radius 3 is 3.00 bits per heavy atom. The monoisotopic (exact) mass is 238 g/mol. The van der Waals surface area contributed by atoms with Gasteiger partial charge in [-0.05, 0) is 25.8 Å². The molecule has 0 aromatic carbocycles. The maximum Gasteiger partial charge on any atom is 0.255 e. The first-order valence-corrected chi connectivity index (χ1v) is 5.98. The predicted octanol–water partition coefficient (Wildman–Crippen LogP) is 0.931. The zero-order chi connectivity index (χ0) is 11.7. The lowest BCUT2D eigenvalue weighted by Gasteiger charge is -2.12. The van der Waals surface area contributed by atoms with Crippen molar-refractivity contribution < 1.29 is 9.13 Å². The van der Waals surface area contributed by atoms with E-state index in [1.54, 1.807) is 0 Å². The third kappa shape index (κ3) is 2.63. The van der Waals surface area contributed by atoms with Gasteiger partial charge < -0.3 is 15.4 Å². The Balaban J connectivity index is 1.70. The quantitative estimate of drug-likeness (QED) is 0.817. The van der Waals surface area contributed by atoms with Crippen LogP contribution in [0.15, 0.2) is 6.20 Å². The number of ether oxygens (including phenoxy) is 1. The van der Waals surface area contributed by atoms with Gasteiger partial charge in [0.1, 0.15) is 6.10 Å². The topological polar surface area (TPSA) is 59.1 Å². The Morgan fingerprint density at radius 1 is 1.41 bits per heavy atom. The van der Waals surface area contributed by atoms with Gasteiger partial charge in [-0.25, -0.2) is 4.98 Å². The normalized spacial score (nSPS) is 23.7. The maximum atomic E-state index is 13.4. The van der Waals surface area contributed by atoms with Crippen LogP contribution < -0.4 is 15.4 Å². The van der Waals surface area contributed by atoms with Crippen LogP contribution >= 0.6 is 0 Å². The fourth-order valence-electron chi connectivity index (χ4n) is 1.81. The molecule has 1 atom stereocenters. The highest BCUT2D eigenvalue weighted by Gasteiger charge is 2.26. The predicted molar refractivity (Wildman–Crippen MR) is 60.5 cm³/mol. The first-order chi connectivity index (χ1) is 8.31. The van der Waals surface area contributed by atoms with Crippen LogP contribution in [-0.2, 0) is 0 Å². The molecular formula is C11H15FN4O. The zero-order valence-electron chi connectivity index (χ0n) is 9.45. The summed E-state index contributed by atoms with van der Waals surface area (Å²) >= 11 is 0. The van der Waals surface area contributed by atoms with Gasteiger partial charge in [-0.3, -0.25) is 0 Å². The van der Waals surface area contributed by atoms with Gasteiger partial charge in [-0.1, -0.05) is 0 Å². The van der Waals surface area contributed by atoms with E-state index in [1.807, 2.05) is 0 Å². The molecule has 6 heteroatoms. The second kappa shape index (κ2) is 4.44. The molecular weight excluding hydrogens is 223 g/mol. The third-order valence-corrected chi connectivity index (χ3v) is 2.91. The van der Waals surface area contributed by atoms with E-state index in [1.165, 1.54) is 0 Å². The highest BCUT2D eigenvalue weighted by molar-refractivity contribution is 5.30. The molecule has 2 heterocycles. The summed E-state index contributed by atoms with van der Waals surface area (Å²) in [5.74, 6) is 0.0127. The molecule has 1 aromatic heterocycles. The number of rotatable bonds is 4. The molecule has 5 nitrogen and oxygen atoms in total. The van der Waals surface area contributed by atoms with E-state index in [0.29, 0.717) is 12.0 Å². The summed E-state index contributed by atoms with van der Waals surface area (Å²) in [5.41, 5.74) is 0. The van der Waals surface area contributed by atoms with Crippen LogP contribution in [0.5, 0.6) is 5.88 Å². The van der Waals surface area contributed by atoms with E-state index in [9.17, 15) is 4.39 Å². The number of hydrogen-bond donors (Lipinski definition) is 2. The van der Waals surface area contributed by atoms with Crippen LogP contribution in [0.4, 0.5) is 10.3 Å². The minimum atomic E-state index is -0.494. The van der Waals surface area contributed by atoms with E-state index in [2.05, 4.69) is 20.6 Å². The van der Waals surface area contributed by atoms with Gasteiger partial charge in [0.2, 0.25) is 11.8 Å². The van der Waals surface area contributed by atoms with E-state index in [4.69, 9.17) is 4.74 Å². The fourth-order valence-corrected chi connectivity index (χ4v) is 1.81. The fraction of sp³-hybridized carbons (Fsp3) is 0.636.